The molecule has 2 atom stereocenters. The van der Waals surface area contributed by atoms with Crippen LogP contribution in [0.1, 0.15) is 26.7 Å². The number of nitrogens with two attached hydrogens (primary N) is 1. The highest BCUT2D eigenvalue weighted by molar-refractivity contribution is 5.82. The predicted octanol–water partition coefficient (Wildman–Crippen LogP) is -0.511. The average molecular weight is 282 g/mol. The summed E-state index contributed by atoms with van der Waals surface area (Å²) in [6, 6.07) is -0.522. The van der Waals surface area contributed by atoms with Crippen molar-refractivity contribution in [2.75, 3.05) is 39.3 Å². The van der Waals surface area contributed by atoms with Gasteiger partial charge in [-0.15, -0.1) is 0 Å². The molecule has 0 spiro atoms. The van der Waals surface area contributed by atoms with E-state index in [1.165, 1.54) is 0 Å². The molecular formula is C14H26N4O2. The fourth-order valence-electron chi connectivity index (χ4n) is 2.98. The third kappa shape index (κ3) is 3.30. The highest BCUT2D eigenvalue weighted by Gasteiger charge is 2.31. The van der Waals surface area contributed by atoms with Crippen molar-refractivity contribution >= 4 is 11.8 Å². The zero-order valence-corrected chi connectivity index (χ0v) is 12.5. The van der Waals surface area contributed by atoms with Gasteiger partial charge in [0, 0.05) is 39.3 Å². The Morgan fingerprint density at radius 3 is 1.85 bits per heavy atom. The van der Waals surface area contributed by atoms with E-state index in [9.17, 15) is 9.59 Å². The highest BCUT2D eigenvalue weighted by atomic mass is 16.2. The molecule has 2 N–H and O–H groups in total. The molecule has 0 bridgehead atoms. The molecule has 2 aliphatic heterocycles. The van der Waals surface area contributed by atoms with Gasteiger partial charge in [0.2, 0.25) is 11.8 Å². The van der Waals surface area contributed by atoms with Gasteiger partial charge in [-0.05, 0) is 26.7 Å². The molecule has 2 heterocycles. The van der Waals surface area contributed by atoms with Gasteiger partial charge in [0.05, 0.1) is 12.1 Å². The summed E-state index contributed by atoms with van der Waals surface area (Å²) in [7, 11) is 0. The molecule has 0 radical (unpaired) electrons. The van der Waals surface area contributed by atoms with E-state index in [0.717, 1.165) is 39.0 Å². The van der Waals surface area contributed by atoms with Crippen molar-refractivity contribution in [3.63, 3.8) is 0 Å². The Morgan fingerprint density at radius 1 is 0.850 bits per heavy atom. The lowest BCUT2D eigenvalue weighted by molar-refractivity contribution is -0.138. The summed E-state index contributed by atoms with van der Waals surface area (Å²) < 4.78 is 0. The van der Waals surface area contributed by atoms with Crippen molar-refractivity contribution in [1.82, 2.24) is 14.7 Å². The standard InChI is InChI=1S/C14H26N4O2/c1-11(15)13(19)18-9-7-16(8-10-18)12(2)14(20)17-5-3-4-6-17/h11-12H,3-10,15H2,1-2H3/t11-,12?/m1/s1. The number of nitrogens with zero attached hydrogens (tertiary/aromatic N) is 3. The number of likely N-dealkylation sites (tertiary alicyclic amines) is 1. The van der Waals surface area contributed by atoms with Crippen LogP contribution in [0.3, 0.4) is 0 Å². The van der Waals surface area contributed by atoms with Gasteiger partial charge in [0.25, 0.3) is 0 Å². The second-order valence-corrected chi connectivity index (χ2v) is 5.86. The fraction of sp³-hybridized carbons (Fsp3) is 0.857. The van der Waals surface area contributed by atoms with Crippen LogP contribution in [-0.2, 0) is 9.59 Å². The summed E-state index contributed by atoms with van der Waals surface area (Å²) in [5.74, 6) is 0.234. The van der Waals surface area contributed by atoms with Crippen molar-refractivity contribution in [2.24, 2.45) is 5.73 Å². The lowest BCUT2D eigenvalue weighted by Crippen LogP contribution is -2.57. The third-order valence-corrected chi connectivity index (χ3v) is 4.34. The molecule has 114 valence electrons. The molecule has 2 fully saturated rings. The van der Waals surface area contributed by atoms with Crippen LogP contribution in [0.25, 0.3) is 0 Å². The van der Waals surface area contributed by atoms with E-state index in [0.29, 0.717) is 13.1 Å². The summed E-state index contributed by atoms with van der Waals surface area (Å²) in [6.07, 6.45) is 2.24. The highest BCUT2D eigenvalue weighted by Crippen LogP contribution is 2.14. The monoisotopic (exact) mass is 282 g/mol. The Labute approximate surface area is 120 Å². The van der Waals surface area contributed by atoms with Gasteiger partial charge >= 0.3 is 0 Å². The van der Waals surface area contributed by atoms with Crippen LogP contribution in [-0.4, -0.2) is 77.9 Å². The Kier molecular flexibility index (Phi) is 4.99. The minimum Gasteiger partial charge on any atom is -0.341 e. The van der Waals surface area contributed by atoms with E-state index in [2.05, 4.69) is 4.90 Å². The maximum Gasteiger partial charge on any atom is 0.239 e. The van der Waals surface area contributed by atoms with Gasteiger partial charge in [0.15, 0.2) is 0 Å². The van der Waals surface area contributed by atoms with Gasteiger partial charge < -0.3 is 15.5 Å². The van der Waals surface area contributed by atoms with Crippen molar-refractivity contribution < 1.29 is 9.59 Å². The lowest BCUT2D eigenvalue weighted by atomic mass is 10.2. The number of piperazine rings is 1. The first-order chi connectivity index (χ1) is 9.50. The topological polar surface area (TPSA) is 69.9 Å². The second kappa shape index (κ2) is 6.54. The zero-order valence-electron chi connectivity index (χ0n) is 12.5. The number of rotatable bonds is 3. The third-order valence-electron chi connectivity index (χ3n) is 4.34. The Balaban J connectivity index is 1.83. The molecule has 2 rings (SSSR count). The van der Waals surface area contributed by atoms with Crippen LogP contribution in [0.15, 0.2) is 0 Å². The zero-order chi connectivity index (χ0) is 14.7. The van der Waals surface area contributed by atoms with Crippen molar-refractivity contribution in [1.29, 1.82) is 0 Å². The number of amides is 2. The van der Waals surface area contributed by atoms with Crippen molar-refractivity contribution in [3.05, 3.63) is 0 Å². The van der Waals surface area contributed by atoms with Crippen LogP contribution in [0.2, 0.25) is 0 Å². The minimum atomic E-state index is -0.440. The van der Waals surface area contributed by atoms with E-state index < -0.39 is 6.04 Å². The summed E-state index contributed by atoms with van der Waals surface area (Å²) in [4.78, 5) is 30.1. The molecular weight excluding hydrogens is 256 g/mol. The van der Waals surface area contributed by atoms with Crippen molar-refractivity contribution in [3.8, 4) is 0 Å². The van der Waals surface area contributed by atoms with Gasteiger partial charge in [-0.2, -0.15) is 0 Å². The number of hydrogen-bond donors (Lipinski definition) is 1. The van der Waals surface area contributed by atoms with E-state index in [-0.39, 0.29) is 17.9 Å². The second-order valence-electron chi connectivity index (χ2n) is 5.86. The van der Waals surface area contributed by atoms with Gasteiger partial charge in [0.1, 0.15) is 0 Å². The SMILES string of the molecule is CC(C(=O)N1CCCC1)N1CCN(C(=O)[C@@H](C)N)CC1. The molecule has 2 aliphatic rings. The molecule has 2 amide bonds. The van der Waals surface area contributed by atoms with Crippen LogP contribution < -0.4 is 5.73 Å². The lowest BCUT2D eigenvalue weighted by Gasteiger charge is -2.38. The largest absolute Gasteiger partial charge is 0.341 e. The number of carbonyl (C=O) groups excluding carboxylic acids is 2. The van der Waals surface area contributed by atoms with Gasteiger partial charge in [-0.1, -0.05) is 0 Å². The Bertz CT molecular complexity index is 358. The quantitative estimate of drug-likeness (QED) is 0.757. The Hall–Kier alpha value is -1.14. The molecule has 0 aromatic carbocycles. The van der Waals surface area contributed by atoms with E-state index in [1.54, 1.807) is 11.8 Å². The van der Waals surface area contributed by atoms with E-state index in [1.807, 2.05) is 11.8 Å². The number of carbonyl (C=O) groups is 2. The first-order valence-electron chi connectivity index (χ1n) is 7.58. The molecule has 20 heavy (non-hydrogen) atoms. The molecule has 0 aromatic rings. The summed E-state index contributed by atoms with van der Waals surface area (Å²) in [6.45, 7) is 8.31. The number of hydrogen-bond acceptors (Lipinski definition) is 4. The summed E-state index contributed by atoms with van der Waals surface area (Å²) >= 11 is 0. The smallest absolute Gasteiger partial charge is 0.239 e. The van der Waals surface area contributed by atoms with Crippen LogP contribution in [0.5, 0.6) is 0 Å². The average Bonchev–Trinajstić information content (AvgIpc) is 2.99. The van der Waals surface area contributed by atoms with Gasteiger partial charge in [-0.3, -0.25) is 14.5 Å². The normalized spacial score (nSPS) is 23.8. The van der Waals surface area contributed by atoms with Crippen LogP contribution >= 0.6 is 0 Å². The first kappa shape index (κ1) is 15.3. The molecule has 0 aromatic heterocycles. The molecule has 1 unspecified atom stereocenters. The first-order valence-corrected chi connectivity index (χ1v) is 7.58. The van der Waals surface area contributed by atoms with Crippen LogP contribution in [0.4, 0.5) is 0 Å². The molecule has 0 saturated carbocycles. The predicted molar refractivity (Wildman–Crippen MR) is 77.1 cm³/mol. The molecule has 2 saturated heterocycles. The molecule has 6 nitrogen and oxygen atoms in total. The fourth-order valence-corrected chi connectivity index (χ4v) is 2.98. The molecule has 0 aliphatic carbocycles. The van der Waals surface area contributed by atoms with Crippen molar-refractivity contribution in [2.45, 2.75) is 38.8 Å². The molecule has 6 heteroatoms. The maximum absolute atomic E-state index is 12.4. The Morgan fingerprint density at radius 2 is 1.35 bits per heavy atom. The minimum absolute atomic E-state index is 0.00294. The van der Waals surface area contributed by atoms with Crippen LogP contribution in [0, 0.1) is 0 Å². The maximum atomic E-state index is 12.4. The van der Waals surface area contributed by atoms with Gasteiger partial charge in [-0.25, -0.2) is 0 Å². The summed E-state index contributed by atoms with van der Waals surface area (Å²) in [5.41, 5.74) is 5.63. The van der Waals surface area contributed by atoms with E-state index in [4.69, 9.17) is 5.73 Å². The van der Waals surface area contributed by atoms with E-state index >= 15 is 0 Å². The summed E-state index contributed by atoms with van der Waals surface area (Å²) in [5, 5.41) is 0.